The van der Waals surface area contributed by atoms with Crippen LogP contribution in [-0.2, 0) is 27.2 Å². The van der Waals surface area contributed by atoms with Crippen LogP contribution in [0.25, 0.3) is 0 Å². The molecule has 0 fully saturated rings. The van der Waals surface area contributed by atoms with Crippen LogP contribution in [0.4, 0.5) is 5.69 Å². The van der Waals surface area contributed by atoms with Crippen molar-refractivity contribution in [2.24, 2.45) is 0 Å². The minimum absolute atomic E-state index is 0.0943. The highest BCUT2D eigenvalue weighted by molar-refractivity contribution is 5.86. The van der Waals surface area contributed by atoms with Crippen molar-refractivity contribution in [3.8, 4) is 6.07 Å². The Kier molecular flexibility index (Phi) is 6.61. The number of esters is 1. The van der Waals surface area contributed by atoms with E-state index in [9.17, 15) is 19.7 Å². The lowest BCUT2D eigenvalue weighted by Gasteiger charge is -2.17. The van der Waals surface area contributed by atoms with Gasteiger partial charge in [-0.2, -0.15) is 5.26 Å². The number of methoxy groups -OCH3 is 1. The Balaban J connectivity index is 2.13. The van der Waals surface area contributed by atoms with Crippen molar-refractivity contribution in [3.05, 3.63) is 75.3 Å². The number of nitro groups is 1. The molecule has 138 valence electrons. The van der Waals surface area contributed by atoms with E-state index < -0.39 is 22.8 Å². The predicted octanol–water partition coefficient (Wildman–Crippen LogP) is 1.91. The van der Waals surface area contributed by atoms with Gasteiger partial charge >= 0.3 is 5.97 Å². The van der Waals surface area contributed by atoms with Crippen molar-refractivity contribution in [1.29, 1.82) is 5.26 Å². The zero-order valence-electron chi connectivity index (χ0n) is 14.5. The molecule has 0 aromatic heterocycles. The van der Waals surface area contributed by atoms with Crippen molar-refractivity contribution in [2.75, 3.05) is 7.11 Å². The number of nitrogens with zero attached hydrogens (tertiary/aromatic N) is 2. The maximum absolute atomic E-state index is 12.3. The Morgan fingerprint density at radius 3 is 2.67 bits per heavy atom. The Hall–Kier alpha value is -3.73. The molecule has 0 bridgehead atoms. The van der Waals surface area contributed by atoms with Gasteiger partial charge in [-0.15, -0.1) is 0 Å². The van der Waals surface area contributed by atoms with Crippen LogP contribution in [0.2, 0.25) is 0 Å². The second-order valence-corrected chi connectivity index (χ2v) is 5.72. The molecule has 0 aliphatic carbocycles. The highest BCUT2D eigenvalue weighted by atomic mass is 16.6. The minimum Gasteiger partial charge on any atom is -0.467 e. The monoisotopic (exact) mass is 367 g/mol. The number of carbonyl (C=O) groups excluding carboxylic acids is 2. The molecule has 0 heterocycles. The molecule has 0 unspecified atom stereocenters. The molecule has 1 amide bonds. The van der Waals surface area contributed by atoms with Crippen molar-refractivity contribution < 1.29 is 19.2 Å². The van der Waals surface area contributed by atoms with E-state index in [1.165, 1.54) is 25.3 Å². The summed E-state index contributed by atoms with van der Waals surface area (Å²) in [4.78, 5) is 34.6. The van der Waals surface area contributed by atoms with Gasteiger partial charge in [0.05, 0.1) is 30.1 Å². The van der Waals surface area contributed by atoms with Crippen LogP contribution in [0, 0.1) is 21.4 Å². The van der Waals surface area contributed by atoms with Crippen molar-refractivity contribution >= 4 is 17.6 Å². The van der Waals surface area contributed by atoms with Crippen LogP contribution in [-0.4, -0.2) is 30.0 Å². The lowest BCUT2D eigenvalue weighted by atomic mass is 10.0. The maximum Gasteiger partial charge on any atom is 0.328 e. The summed E-state index contributed by atoms with van der Waals surface area (Å²) in [5.41, 5.74) is 1.33. The topological polar surface area (TPSA) is 122 Å². The third-order valence-electron chi connectivity index (χ3n) is 3.87. The van der Waals surface area contributed by atoms with E-state index in [1.54, 1.807) is 30.3 Å². The number of hydrogen-bond acceptors (Lipinski definition) is 6. The number of non-ortho nitro benzene ring substituents is 1. The molecule has 8 nitrogen and oxygen atoms in total. The summed E-state index contributed by atoms with van der Waals surface area (Å²) >= 11 is 0. The average molecular weight is 367 g/mol. The molecule has 8 heteroatoms. The van der Waals surface area contributed by atoms with Gasteiger partial charge in [-0.1, -0.05) is 30.3 Å². The van der Waals surface area contributed by atoms with Crippen LogP contribution in [0.3, 0.4) is 0 Å². The van der Waals surface area contributed by atoms with E-state index in [4.69, 9.17) is 10.00 Å². The highest BCUT2D eigenvalue weighted by Gasteiger charge is 2.23. The van der Waals surface area contributed by atoms with Gasteiger partial charge in [0, 0.05) is 18.6 Å². The molecule has 1 atom stereocenters. The molecule has 0 aliphatic rings. The van der Waals surface area contributed by atoms with Crippen molar-refractivity contribution in [3.63, 3.8) is 0 Å². The van der Waals surface area contributed by atoms with E-state index in [0.29, 0.717) is 16.7 Å². The van der Waals surface area contributed by atoms with Gasteiger partial charge < -0.3 is 10.1 Å². The predicted molar refractivity (Wildman–Crippen MR) is 95.6 cm³/mol. The molecule has 1 N–H and O–H groups in total. The van der Waals surface area contributed by atoms with E-state index in [2.05, 4.69) is 5.32 Å². The first-order chi connectivity index (χ1) is 12.9. The number of ether oxygens (including phenoxy) is 1. The molecular formula is C19H17N3O5. The molecule has 0 saturated heterocycles. The summed E-state index contributed by atoms with van der Waals surface area (Å²) in [7, 11) is 1.21. The zero-order chi connectivity index (χ0) is 19.8. The maximum atomic E-state index is 12.3. The summed E-state index contributed by atoms with van der Waals surface area (Å²) in [6.07, 6.45) is -0.0356. The normalized spacial score (nSPS) is 11.1. The number of amides is 1. The Morgan fingerprint density at radius 1 is 1.26 bits per heavy atom. The van der Waals surface area contributed by atoms with Crippen molar-refractivity contribution in [1.82, 2.24) is 5.32 Å². The number of rotatable bonds is 7. The molecule has 0 radical (unpaired) electrons. The molecule has 0 aliphatic heterocycles. The lowest BCUT2D eigenvalue weighted by Crippen LogP contribution is -2.43. The van der Waals surface area contributed by atoms with Crippen molar-refractivity contribution in [2.45, 2.75) is 18.9 Å². The fraction of sp³-hybridized carbons (Fsp3) is 0.211. The van der Waals surface area contributed by atoms with E-state index >= 15 is 0 Å². The number of benzene rings is 2. The number of hydrogen-bond donors (Lipinski definition) is 1. The van der Waals surface area contributed by atoms with E-state index in [0.717, 1.165) is 0 Å². The van der Waals surface area contributed by atoms with Gasteiger partial charge in [-0.3, -0.25) is 14.9 Å². The number of nitriles is 1. The molecule has 2 aromatic rings. The van der Waals surface area contributed by atoms with Gasteiger partial charge in [-0.25, -0.2) is 4.79 Å². The van der Waals surface area contributed by atoms with Crippen LogP contribution in [0.5, 0.6) is 0 Å². The van der Waals surface area contributed by atoms with E-state index in [-0.39, 0.29) is 18.5 Å². The third kappa shape index (κ3) is 5.37. The first-order valence-corrected chi connectivity index (χ1v) is 8.03. The molecular weight excluding hydrogens is 350 g/mol. The Labute approximate surface area is 155 Å². The fourth-order valence-corrected chi connectivity index (χ4v) is 2.57. The standard InChI is InChI=1S/C19H17N3O5/c1-27-19(24)17(11-14-6-2-3-7-15(14)12-20)21-18(23)10-13-5-4-8-16(9-13)22(25)26/h2-9,17H,10-11H2,1H3,(H,21,23)/t17-/m0/s1. The largest absolute Gasteiger partial charge is 0.467 e. The summed E-state index contributed by atoms with van der Waals surface area (Å²) in [6.45, 7) is 0. The molecule has 27 heavy (non-hydrogen) atoms. The van der Waals surface area contributed by atoms with E-state index in [1.807, 2.05) is 6.07 Å². The summed E-state index contributed by atoms with van der Waals surface area (Å²) in [6, 6.07) is 13.5. The van der Waals surface area contributed by atoms with Gasteiger partial charge in [0.1, 0.15) is 6.04 Å². The van der Waals surface area contributed by atoms with Gasteiger partial charge in [0.2, 0.25) is 5.91 Å². The van der Waals surface area contributed by atoms with Crippen LogP contribution < -0.4 is 5.32 Å². The molecule has 2 rings (SSSR count). The summed E-state index contributed by atoms with van der Waals surface area (Å²) in [5, 5.41) is 22.6. The lowest BCUT2D eigenvalue weighted by molar-refractivity contribution is -0.384. The third-order valence-corrected chi connectivity index (χ3v) is 3.87. The first-order valence-electron chi connectivity index (χ1n) is 8.03. The minimum atomic E-state index is -0.976. The second-order valence-electron chi connectivity index (χ2n) is 5.72. The quantitative estimate of drug-likeness (QED) is 0.453. The summed E-state index contributed by atoms with van der Waals surface area (Å²) < 4.78 is 4.73. The Bertz CT molecular complexity index is 904. The number of nitro benzene ring substituents is 1. The van der Waals surface area contributed by atoms with Gasteiger partial charge in [0.25, 0.3) is 5.69 Å². The second kappa shape index (κ2) is 9.10. The van der Waals surface area contributed by atoms with Gasteiger partial charge in [-0.05, 0) is 17.2 Å². The zero-order valence-corrected chi connectivity index (χ0v) is 14.5. The Morgan fingerprint density at radius 2 is 2.00 bits per heavy atom. The highest BCUT2D eigenvalue weighted by Crippen LogP contribution is 2.14. The average Bonchev–Trinajstić information content (AvgIpc) is 2.67. The fourth-order valence-electron chi connectivity index (χ4n) is 2.57. The van der Waals surface area contributed by atoms with Crippen LogP contribution in [0.15, 0.2) is 48.5 Å². The first kappa shape index (κ1) is 19.6. The smallest absolute Gasteiger partial charge is 0.328 e. The van der Waals surface area contributed by atoms with Crippen LogP contribution >= 0.6 is 0 Å². The molecule has 0 spiro atoms. The number of nitrogens with one attached hydrogen (secondary N) is 1. The molecule has 0 saturated carbocycles. The number of carbonyl (C=O) groups is 2. The molecule has 2 aromatic carbocycles. The summed E-state index contributed by atoms with van der Waals surface area (Å²) in [5.74, 6) is -1.13. The van der Waals surface area contributed by atoms with Crippen LogP contribution in [0.1, 0.15) is 16.7 Å². The van der Waals surface area contributed by atoms with Gasteiger partial charge in [0.15, 0.2) is 0 Å². The SMILES string of the molecule is COC(=O)[C@H](Cc1ccccc1C#N)NC(=O)Cc1cccc([N+](=O)[O-])c1.